The Bertz CT molecular complexity index is 830. The average molecular weight is 376 g/mol. The number of methoxy groups -OCH3 is 1. The molecule has 0 saturated carbocycles. The van der Waals surface area contributed by atoms with Gasteiger partial charge in [-0.1, -0.05) is 12.1 Å². The van der Waals surface area contributed by atoms with E-state index in [1.807, 2.05) is 0 Å². The Morgan fingerprint density at radius 2 is 1.85 bits per heavy atom. The van der Waals surface area contributed by atoms with Crippen molar-refractivity contribution in [2.24, 2.45) is 0 Å². The molecule has 0 aliphatic rings. The summed E-state index contributed by atoms with van der Waals surface area (Å²) in [5, 5.41) is 48.3. The van der Waals surface area contributed by atoms with Crippen molar-refractivity contribution in [1.82, 2.24) is 0 Å². The molecule has 2 unspecified atom stereocenters. The first-order chi connectivity index (χ1) is 12.8. The van der Waals surface area contributed by atoms with Gasteiger partial charge in [0.05, 0.1) is 13.7 Å². The molecule has 2 atom stereocenters. The van der Waals surface area contributed by atoms with Crippen LogP contribution in [0.5, 0.6) is 23.0 Å². The number of aliphatic hydroxyl groups is 2. The summed E-state index contributed by atoms with van der Waals surface area (Å²) in [6, 6.07) is 8.40. The van der Waals surface area contributed by atoms with Crippen molar-refractivity contribution in [3.05, 3.63) is 53.6 Å². The van der Waals surface area contributed by atoms with E-state index in [1.165, 1.54) is 49.6 Å². The number of carboxylic acids is 1. The lowest BCUT2D eigenvalue weighted by Gasteiger charge is -2.23. The lowest BCUT2D eigenvalue weighted by molar-refractivity contribution is -0.131. The van der Waals surface area contributed by atoms with Crippen LogP contribution >= 0.6 is 0 Å². The molecule has 0 bridgehead atoms. The molecule has 0 spiro atoms. The first kappa shape index (κ1) is 20.1. The van der Waals surface area contributed by atoms with Gasteiger partial charge >= 0.3 is 5.97 Å². The summed E-state index contributed by atoms with van der Waals surface area (Å²) in [6.45, 7) is -0.551. The highest BCUT2D eigenvalue weighted by atomic mass is 16.5. The van der Waals surface area contributed by atoms with Gasteiger partial charge in [0.2, 0.25) is 0 Å². The van der Waals surface area contributed by atoms with E-state index in [-0.39, 0.29) is 23.0 Å². The van der Waals surface area contributed by atoms with Gasteiger partial charge in [-0.25, -0.2) is 4.79 Å². The SMILES string of the molecule is COc1cc(C(O)C(CO)Oc2ccc(C=CC(=O)O)cc2O)ccc1O. The molecule has 2 aromatic rings. The topological polar surface area (TPSA) is 137 Å². The lowest BCUT2D eigenvalue weighted by Crippen LogP contribution is -2.29. The molecule has 5 N–H and O–H groups in total. The number of hydrogen-bond acceptors (Lipinski definition) is 7. The monoisotopic (exact) mass is 376 g/mol. The number of hydrogen-bond donors (Lipinski definition) is 5. The van der Waals surface area contributed by atoms with Crippen LogP contribution in [0.15, 0.2) is 42.5 Å². The van der Waals surface area contributed by atoms with Gasteiger partial charge in [-0.2, -0.15) is 0 Å². The lowest BCUT2D eigenvalue weighted by atomic mass is 10.0. The molecule has 0 fully saturated rings. The summed E-state index contributed by atoms with van der Waals surface area (Å²) < 4.78 is 10.5. The third-order valence-electron chi connectivity index (χ3n) is 3.76. The van der Waals surface area contributed by atoms with Gasteiger partial charge in [-0.15, -0.1) is 0 Å². The minimum absolute atomic E-state index is 0.00585. The summed E-state index contributed by atoms with van der Waals surface area (Å²) in [7, 11) is 1.36. The molecule has 144 valence electrons. The number of aliphatic carboxylic acids is 1. The van der Waals surface area contributed by atoms with E-state index in [0.717, 1.165) is 6.08 Å². The number of aliphatic hydroxyl groups excluding tert-OH is 2. The van der Waals surface area contributed by atoms with Gasteiger partial charge in [-0.3, -0.25) is 0 Å². The molecule has 8 nitrogen and oxygen atoms in total. The van der Waals surface area contributed by atoms with E-state index >= 15 is 0 Å². The van der Waals surface area contributed by atoms with E-state index < -0.39 is 24.8 Å². The van der Waals surface area contributed by atoms with Crippen LogP contribution in [0.2, 0.25) is 0 Å². The Labute approximate surface area is 155 Å². The number of rotatable bonds is 8. The molecular formula is C19H20O8. The van der Waals surface area contributed by atoms with Crippen LogP contribution in [0, 0.1) is 0 Å². The van der Waals surface area contributed by atoms with Gasteiger partial charge in [0.1, 0.15) is 6.10 Å². The second kappa shape index (κ2) is 8.93. The van der Waals surface area contributed by atoms with Crippen molar-refractivity contribution in [2.45, 2.75) is 12.2 Å². The first-order valence-electron chi connectivity index (χ1n) is 7.92. The van der Waals surface area contributed by atoms with Crippen LogP contribution in [0.1, 0.15) is 17.2 Å². The van der Waals surface area contributed by atoms with E-state index in [4.69, 9.17) is 14.6 Å². The maximum Gasteiger partial charge on any atom is 0.328 e. The number of ether oxygens (including phenoxy) is 2. The van der Waals surface area contributed by atoms with Gasteiger partial charge in [0, 0.05) is 6.08 Å². The zero-order chi connectivity index (χ0) is 20.0. The Hall–Kier alpha value is -3.23. The van der Waals surface area contributed by atoms with Crippen LogP contribution in [-0.2, 0) is 4.79 Å². The zero-order valence-corrected chi connectivity index (χ0v) is 14.4. The standard InChI is InChI=1S/C19H20O8/c1-26-16-9-12(4-5-13(16)21)19(25)17(10-20)27-15-6-2-11(8-14(15)22)3-7-18(23)24/h2-9,17,19-22,25H,10H2,1H3,(H,23,24). The molecule has 0 aliphatic carbocycles. The number of benzene rings is 2. The van der Waals surface area contributed by atoms with E-state index in [0.29, 0.717) is 11.1 Å². The van der Waals surface area contributed by atoms with Crippen molar-refractivity contribution in [1.29, 1.82) is 0 Å². The van der Waals surface area contributed by atoms with Crippen LogP contribution in [0.4, 0.5) is 0 Å². The van der Waals surface area contributed by atoms with Crippen molar-refractivity contribution < 1.29 is 39.8 Å². The summed E-state index contributed by atoms with van der Waals surface area (Å²) in [5.74, 6) is -1.34. The predicted octanol–water partition coefficient (Wildman–Crippen LogP) is 1.68. The quantitative estimate of drug-likeness (QED) is 0.439. The van der Waals surface area contributed by atoms with E-state index in [9.17, 15) is 25.2 Å². The third kappa shape index (κ3) is 5.13. The molecule has 0 heterocycles. The highest BCUT2D eigenvalue weighted by Gasteiger charge is 2.24. The van der Waals surface area contributed by atoms with Crippen LogP contribution in [-0.4, -0.2) is 51.3 Å². The summed E-state index contributed by atoms with van der Waals surface area (Å²) in [5.41, 5.74) is 0.774. The largest absolute Gasteiger partial charge is 0.504 e. The minimum atomic E-state index is -1.27. The van der Waals surface area contributed by atoms with E-state index in [1.54, 1.807) is 0 Å². The Morgan fingerprint density at radius 3 is 2.44 bits per heavy atom. The summed E-state index contributed by atoms with van der Waals surface area (Å²) in [4.78, 5) is 10.5. The number of carbonyl (C=O) groups is 1. The maximum atomic E-state index is 10.5. The Kier molecular flexibility index (Phi) is 6.64. The highest BCUT2D eigenvalue weighted by Crippen LogP contribution is 2.33. The number of aromatic hydroxyl groups is 2. The molecule has 0 saturated heterocycles. The molecule has 0 amide bonds. The Morgan fingerprint density at radius 1 is 1.11 bits per heavy atom. The zero-order valence-electron chi connectivity index (χ0n) is 14.4. The molecule has 2 rings (SSSR count). The van der Waals surface area contributed by atoms with Gasteiger partial charge in [0.15, 0.2) is 29.1 Å². The summed E-state index contributed by atoms with van der Waals surface area (Å²) in [6.07, 6.45) is -0.151. The molecule has 2 aromatic carbocycles. The van der Waals surface area contributed by atoms with Crippen LogP contribution in [0.3, 0.4) is 0 Å². The number of carboxylic acid groups (broad SMARTS) is 1. The number of phenols is 2. The molecule has 0 aromatic heterocycles. The summed E-state index contributed by atoms with van der Waals surface area (Å²) >= 11 is 0. The van der Waals surface area contributed by atoms with E-state index in [2.05, 4.69) is 0 Å². The van der Waals surface area contributed by atoms with Gasteiger partial charge in [0.25, 0.3) is 0 Å². The predicted molar refractivity (Wildman–Crippen MR) is 95.9 cm³/mol. The molecular weight excluding hydrogens is 356 g/mol. The van der Waals surface area contributed by atoms with Crippen molar-refractivity contribution in [3.8, 4) is 23.0 Å². The molecule has 27 heavy (non-hydrogen) atoms. The van der Waals surface area contributed by atoms with Crippen molar-refractivity contribution in [3.63, 3.8) is 0 Å². The highest BCUT2D eigenvalue weighted by molar-refractivity contribution is 5.85. The third-order valence-corrected chi connectivity index (χ3v) is 3.76. The molecule has 0 aliphatic heterocycles. The smallest absolute Gasteiger partial charge is 0.328 e. The fraction of sp³-hybridized carbons (Fsp3) is 0.211. The fourth-order valence-electron chi connectivity index (χ4n) is 2.36. The second-order valence-electron chi connectivity index (χ2n) is 5.61. The van der Waals surface area contributed by atoms with Gasteiger partial charge in [-0.05, 0) is 41.5 Å². The normalized spacial score (nSPS) is 13.3. The van der Waals surface area contributed by atoms with Crippen LogP contribution in [0.25, 0.3) is 6.08 Å². The van der Waals surface area contributed by atoms with Gasteiger partial charge < -0.3 is 35.0 Å². The molecule has 8 heteroatoms. The Balaban J connectivity index is 2.19. The van der Waals surface area contributed by atoms with Crippen LogP contribution < -0.4 is 9.47 Å². The maximum absolute atomic E-state index is 10.5. The minimum Gasteiger partial charge on any atom is -0.504 e. The average Bonchev–Trinajstić information content (AvgIpc) is 2.65. The van der Waals surface area contributed by atoms with Crippen molar-refractivity contribution >= 4 is 12.0 Å². The fourth-order valence-corrected chi connectivity index (χ4v) is 2.36. The molecule has 0 radical (unpaired) electrons. The first-order valence-corrected chi connectivity index (χ1v) is 7.92. The second-order valence-corrected chi connectivity index (χ2v) is 5.61. The number of phenolic OH excluding ortho intramolecular Hbond substituents is 2. The van der Waals surface area contributed by atoms with Crippen molar-refractivity contribution in [2.75, 3.05) is 13.7 Å².